The summed E-state index contributed by atoms with van der Waals surface area (Å²) >= 11 is 17.8. The highest BCUT2D eigenvalue weighted by Gasteiger charge is 2.73. The van der Waals surface area contributed by atoms with E-state index in [0.29, 0.717) is 5.92 Å². The van der Waals surface area contributed by atoms with Crippen LogP contribution in [0.5, 0.6) is 0 Å². The lowest BCUT2D eigenvalue weighted by molar-refractivity contribution is 0.393. The number of alkyl halides is 3. The molecule has 1 fully saturated rings. The van der Waals surface area contributed by atoms with Crippen molar-refractivity contribution in [1.29, 1.82) is 0 Å². The van der Waals surface area contributed by atoms with E-state index in [1.54, 1.807) is 0 Å². The predicted octanol–water partition coefficient (Wildman–Crippen LogP) is 3.44. The van der Waals surface area contributed by atoms with Gasteiger partial charge in [-0.1, -0.05) is 44.0 Å². The Morgan fingerprint density at radius 3 is 1.60 bits per heavy atom. The molecule has 1 rings (SSSR count). The zero-order chi connectivity index (χ0) is 8.15. The summed E-state index contributed by atoms with van der Waals surface area (Å²) in [6, 6.07) is 0. The van der Waals surface area contributed by atoms with Crippen molar-refractivity contribution in [2.24, 2.45) is 11.3 Å². The van der Waals surface area contributed by atoms with Crippen molar-refractivity contribution in [1.82, 2.24) is 0 Å². The summed E-state index contributed by atoms with van der Waals surface area (Å²) in [5, 5.41) is -0.0941. The van der Waals surface area contributed by atoms with Gasteiger partial charge in [-0.3, -0.25) is 0 Å². The normalized spacial score (nSPS) is 44.1. The van der Waals surface area contributed by atoms with Crippen LogP contribution in [0.25, 0.3) is 0 Å². The summed E-state index contributed by atoms with van der Waals surface area (Å²) in [5.74, 6) is 0.435. The first kappa shape index (κ1) is 8.96. The monoisotopic (exact) mass is 200 g/mol. The highest BCUT2D eigenvalue weighted by molar-refractivity contribution is 6.57. The second kappa shape index (κ2) is 2.18. The standard InChI is InChI=1S/C7H11Cl3/c1-4(2)6(3)5(8)7(6,9)10/h4-5H,1-3H3. The van der Waals surface area contributed by atoms with Gasteiger partial charge >= 0.3 is 0 Å². The van der Waals surface area contributed by atoms with Gasteiger partial charge in [-0.2, -0.15) is 0 Å². The molecule has 3 heteroatoms. The smallest absolute Gasteiger partial charge is 0.119 e. The molecule has 0 heterocycles. The molecule has 0 aromatic rings. The van der Waals surface area contributed by atoms with Crippen molar-refractivity contribution in [3.63, 3.8) is 0 Å². The average Bonchev–Trinajstić information content (AvgIpc) is 2.16. The molecule has 0 radical (unpaired) electrons. The van der Waals surface area contributed by atoms with Crippen LogP contribution in [-0.2, 0) is 0 Å². The molecule has 0 N–H and O–H groups in total. The van der Waals surface area contributed by atoms with Crippen LogP contribution in [0.2, 0.25) is 0 Å². The maximum atomic E-state index is 5.93. The summed E-state index contributed by atoms with van der Waals surface area (Å²) in [7, 11) is 0. The van der Waals surface area contributed by atoms with Crippen LogP contribution in [0.3, 0.4) is 0 Å². The van der Waals surface area contributed by atoms with Crippen molar-refractivity contribution < 1.29 is 0 Å². The molecule has 0 spiro atoms. The molecule has 0 aliphatic heterocycles. The molecular formula is C7H11Cl3. The van der Waals surface area contributed by atoms with E-state index in [9.17, 15) is 0 Å². The quantitative estimate of drug-likeness (QED) is 0.570. The van der Waals surface area contributed by atoms with Gasteiger partial charge < -0.3 is 0 Å². The van der Waals surface area contributed by atoms with Crippen molar-refractivity contribution in [3.8, 4) is 0 Å². The lowest BCUT2D eigenvalue weighted by Gasteiger charge is -2.14. The Kier molecular flexibility index (Phi) is 1.95. The van der Waals surface area contributed by atoms with Crippen LogP contribution >= 0.6 is 34.8 Å². The minimum atomic E-state index is -0.706. The van der Waals surface area contributed by atoms with E-state index in [1.165, 1.54) is 0 Å². The summed E-state index contributed by atoms with van der Waals surface area (Å²) in [5.41, 5.74) is -0.0995. The highest BCUT2D eigenvalue weighted by atomic mass is 35.5. The second-order valence-corrected chi connectivity index (χ2v) is 5.25. The zero-order valence-electron chi connectivity index (χ0n) is 6.29. The van der Waals surface area contributed by atoms with Crippen LogP contribution in [0.1, 0.15) is 20.8 Å². The Morgan fingerprint density at radius 2 is 1.60 bits per heavy atom. The fourth-order valence-electron chi connectivity index (χ4n) is 1.18. The van der Waals surface area contributed by atoms with E-state index >= 15 is 0 Å². The summed E-state index contributed by atoms with van der Waals surface area (Å²) < 4.78 is -0.706. The minimum absolute atomic E-state index is 0.0941. The topological polar surface area (TPSA) is 0 Å². The van der Waals surface area contributed by atoms with Gasteiger partial charge in [0, 0.05) is 5.41 Å². The predicted molar refractivity (Wildman–Crippen MR) is 47.0 cm³/mol. The molecule has 2 unspecified atom stereocenters. The van der Waals surface area contributed by atoms with Crippen LogP contribution < -0.4 is 0 Å². The Balaban J connectivity index is 2.78. The number of halogens is 3. The zero-order valence-corrected chi connectivity index (χ0v) is 8.56. The first-order chi connectivity index (χ1) is 4.35. The molecule has 0 bridgehead atoms. The van der Waals surface area contributed by atoms with E-state index in [4.69, 9.17) is 34.8 Å². The van der Waals surface area contributed by atoms with E-state index in [1.807, 2.05) is 6.92 Å². The molecule has 0 aromatic heterocycles. The van der Waals surface area contributed by atoms with E-state index in [0.717, 1.165) is 0 Å². The summed E-state index contributed by atoms with van der Waals surface area (Å²) in [4.78, 5) is 0. The largest absolute Gasteiger partial charge is 0.142 e. The molecule has 0 aromatic carbocycles. The van der Waals surface area contributed by atoms with Gasteiger partial charge in [0.2, 0.25) is 0 Å². The van der Waals surface area contributed by atoms with Gasteiger partial charge in [0.15, 0.2) is 0 Å². The number of rotatable bonds is 1. The lowest BCUT2D eigenvalue weighted by Crippen LogP contribution is -2.12. The first-order valence-corrected chi connectivity index (χ1v) is 4.56. The van der Waals surface area contributed by atoms with Gasteiger partial charge in [0.25, 0.3) is 0 Å². The van der Waals surface area contributed by atoms with Gasteiger partial charge in [-0.05, 0) is 5.92 Å². The maximum absolute atomic E-state index is 5.93. The van der Waals surface area contributed by atoms with Crippen molar-refractivity contribution >= 4 is 34.8 Å². The maximum Gasteiger partial charge on any atom is 0.142 e. The molecular weight excluding hydrogens is 190 g/mol. The fourth-order valence-corrected chi connectivity index (χ4v) is 2.88. The van der Waals surface area contributed by atoms with E-state index < -0.39 is 4.33 Å². The Labute approximate surface area is 76.8 Å². The van der Waals surface area contributed by atoms with E-state index in [-0.39, 0.29) is 10.8 Å². The average molecular weight is 202 g/mol. The van der Waals surface area contributed by atoms with E-state index in [2.05, 4.69) is 13.8 Å². The first-order valence-electron chi connectivity index (χ1n) is 3.37. The van der Waals surface area contributed by atoms with Crippen LogP contribution in [-0.4, -0.2) is 9.71 Å². The third-order valence-electron chi connectivity index (χ3n) is 2.68. The molecule has 2 atom stereocenters. The van der Waals surface area contributed by atoms with Crippen molar-refractivity contribution in [2.45, 2.75) is 30.5 Å². The molecule has 60 valence electrons. The minimum Gasteiger partial charge on any atom is -0.119 e. The number of hydrogen-bond donors (Lipinski definition) is 0. The molecule has 1 aliphatic rings. The van der Waals surface area contributed by atoms with Gasteiger partial charge in [-0.15, -0.1) is 11.6 Å². The molecule has 1 saturated carbocycles. The second-order valence-electron chi connectivity index (χ2n) is 3.42. The van der Waals surface area contributed by atoms with Crippen LogP contribution in [0, 0.1) is 11.3 Å². The summed E-state index contributed by atoms with van der Waals surface area (Å²) in [6.07, 6.45) is 0. The Bertz CT molecular complexity index is 153. The van der Waals surface area contributed by atoms with Crippen LogP contribution in [0.4, 0.5) is 0 Å². The Hall–Kier alpha value is 0.870. The van der Waals surface area contributed by atoms with Gasteiger partial charge in [0.05, 0.1) is 5.38 Å². The van der Waals surface area contributed by atoms with Gasteiger partial charge in [0.1, 0.15) is 4.33 Å². The SMILES string of the molecule is CC(C)C1(C)C(Cl)C1(Cl)Cl. The molecule has 10 heavy (non-hydrogen) atoms. The third-order valence-corrected chi connectivity index (χ3v) is 4.93. The summed E-state index contributed by atoms with van der Waals surface area (Å²) in [6.45, 7) is 6.19. The van der Waals surface area contributed by atoms with Crippen molar-refractivity contribution in [3.05, 3.63) is 0 Å². The van der Waals surface area contributed by atoms with Crippen molar-refractivity contribution in [2.75, 3.05) is 0 Å². The Morgan fingerprint density at radius 1 is 1.30 bits per heavy atom. The molecule has 0 amide bonds. The molecule has 1 aliphatic carbocycles. The highest BCUT2D eigenvalue weighted by Crippen LogP contribution is 2.70. The fraction of sp³-hybridized carbons (Fsp3) is 1.00. The lowest BCUT2D eigenvalue weighted by atomic mass is 9.95. The van der Waals surface area contributed by atoms with Crippen LogP contribution in [0.15, 0.2) is 0 Å². The molecule has 0 nitrogen and oxygen atoms in total. The molecule has 0 saturated heterocycles. The number of hydrogen-bond acceptors (Lipinski definition) is 0. The van der Waals surface area contributed by atoms with Gasteiger partial charge in [-0.25, -0.2) is 0 Å². The third kappa shape index (κ3) is 0.821.